The molecule has 0 saturated carbocycles. The summed E-state index contributed by atoms with van der Waals surface area (Å²) < 4.78 is 5.89. The average molecular weight is 516 g/mol. The van der Waals surface area contributed by atoms with Gasteiger partial charge >= 0.3 is 5.97 Å². The van der Waals surface area contributed by atoms with Crippen molar-refractivity contribution in [2.45, 2.75) is 99.7 Å². The molecular weight excluding hydrogens is 470 g/mol. The molecule has 5 atom stereocenters. The SMILES string of the molecule is C/C1=C/CC(/C(C)=C/c2csc(C)n2)OC(=O)C[C@H](O)C(C)(C)C(=O)[C@H](C)[C@@H](C)[C@@H](C)C/C=C/CC1. The van der Waals surface area contributed by atoms with Crippen LogP contribution in [0.15, 0.2) is 34.8 Å². The van der Waals surface area contributed by atoms with Crippen LogP contribution in [0.1, 0.15) is 91.3 Å². The molecule has 1 aliphatic heterocycles. The summed E-state index contributed by atoms with van der Waals surface area (Å²) >= 11 is 1.58. The minimum Gasteiger partial charge on any atom is -0.457 e. The fourth-order valence-electron chi connectivity index (χ4n) is 4.57. The summed E-state index contributed by atoms with van der Waals surface area (Å²) in [6.45, 7) is 15.7. The van der Waals surface area contributed by atoms with Crippen molar-refractivity contribution in [3.8, 4) is 0 Å². The number of aromatic nitrogens is 1. The molecule has 0 amide bonds. The van der Waals surface area contributed by atoms with E-state index in [9.17, 15) is 14.7 Å². The molecule has 1 aliphatic rings. The quantitative estimate of drug-likeness (QED) is 0.336. The number of ketones is 1. The van der Waals surface area contributed by atoms with E-state index in [0.717, 1.165) is 35.5 Å². The van der Waals surface area contributed by atoms with Crippen molar-refractivity contribution in [1.29, 1.82) is 0 Å². The van der Waals surface area contributed by atoms with E-state index >= 15 is 0 Å². The summed E-state index contributed by atoms with van der Waals surface area (Å²) in [5.41, 5.74) is 1.94. The highest BCUT2D eigenvalue weighted by Gasteiger charge is 2.41. The number of rotatable bonds is 2. The number of esters is 1. The first-order chi connectivity index (χ1) is 16.8. The van der Waals surface area contributed by atoms with Gasteiger partial charge in [0.25, 0.3) is 0 Å². The standard InChI is InChI=1S/C30H45NO4S/c1-19-12-10-9-11-13-20(2)22(4)23(5)29(34)30(7,8)27(32)17-28(33)35-26(15-14-19)21(3)16-25-18-36-24(6)31-25/h9,11,14,16,18,20,22-23,26-27,32H,10,12-13,15,17H2,1-8H3/b11-9+,19-14-,21-16+/t20-,22-,23+,26?,27-/m0/s1. The molecule has 2 rings (SSSR count). The topological polar surface area (TPSA) is 76.5 Å². The zero-order valence-corrected chi connectivity index (χ0v) is 24.2. The molecule has 1 aromatic rings. The molecule has 0 fully saturated rings. The van der Waals surface area contributed by atoms with Crippen LogP contribution in [0.4, 0.5) is 0 Å². The minimum absolute atomic E-state index is 0.0164. The number of aryl methyl sites for hydroxylation is 1. The Bertz CT molecular complexity index is 987. The first-order valence-corrected chi connectivity index (χ1v) is 14.0. The van der Waals surface area contributed by atoms with Gasteiger partial charge in [0.05, 0.1) is 28.6 Å². The lowest BCUT2D eigenvalue weighted by atomic mass is 9.70. The van der Waals surface area contributed by atoms with Crippen molar-refractivity contribution >= 4 is 29.2 Å². The normalized spacial score (nSPS) is 32.1. The van der Waals surface area contributed by atoms with E-state index in [1.807, 2.05) is 32.2 Å². The summed E-state index contributed by atoms with van der Waals surface area (Å²) in [6.07, 6.45) is 10.1. The smallest absolute Gasteiger partial charge is 0.309 e. The van der Waals surface area contributed by atoms with Gasteiger partial charge in [-0.25, -0.2) is 4.98 Å². The predicted molar refractivity (Wildman–Crippen MR) is 149 cm³/mol. The summed E-state index contributed by atoms with van der Waals surface area (Å²) in [5, 5.41) is 13.9. The molecule has 1 aromatic heterocycles. The fourth-order valence-corrected chi connectivity index (χ4v) is 5.14. The Kier molecular flexibility index (Phi) is 11.3. The van der Waals surface area contributed by atoms with Gasteiger partial charge in [-0.2, -0.15) is 0 Å². The Morgan fingerprint density at radius 3 is 2.50 bits per heavy atom. The van der Waals surface area contributed by atoms with E-state index in [1.54, 1.807) is 25.2 Å². The first kappa shape index (κ1) is 30.2. The molecule has 1 N–H and O–H groups in total. The van der Waals surface area contributed by atoms with Crippen LogP contribution >= 0.6 is 11.3 Å². The summed E-state index contributed by atoms with van der Waals surface area (Å²) in [7, 11) is 0. The molecule has 0 bridgehead atoms. The van der Waals surface area contributed by atoms with Gasteiger partial charge in [0.2, 0.25) is 0 Å². The van der Waals surface area contributed by atoms with E-state index in [0.29, 0.717) is 12.3 Å². The van der Waals surface area contributed by atoms with Crippen molar-refractivity contribution < 1.29 is 19.4 Å². The Labute approximate surface area is 221 Å². The number of allylic oxidation sites excluding steroid dienone is 3. The molecule has 1 unspecified atom stereocenters. The highest BCUT2D eigenvalue weighted by molar-refractivity contribution is 7.09. The van der Waals surface area contributed by atoms with Crippen LogP contribution in [-0.2, 0) is 14.3 Å². The van der Waals surface area contributed by atoms with Gasteiger partial charge in [-0.3, -0.25) is 9.59 Å². The van der Waals surface area contributed by atoms with Crippen molar-refractivity contribution in [2.24, 2.45) is 23.2 Å². The molecule has 200 valence electrons. The zero-order valence-electron chi connectivity index (χ0n) is 23.3. The van der Waals surface area contributed by atoms with Crippen LogP contribution in [0, 0.1) is 30.1 Å². The number of nitrogens with zero attached hydrogens (tertiary/aromatic N) is 1. The lowest BCUT2D eigenvalue weighted by Gasteiger charge is -2.35. The van der Waals surface area contributed by atoms with Gasteiger partial charge in [-0.05, 0) is 63.5 Å². The van der Waals surface area contributed by atoms with E-state index in [2.05, 4.69) is 44.0 Å². The lowest BCUT2D eigenvalue weighted by Crippen LogP contribution is -2.43. The zero-order chi connectivity index (χ0) is 27.0. The van der Waals surface area contributed by atoms with Gasteiger partial charge < -0.3 is 9.84 Å². The number of hydrogen-bond acceptors (Lipinski definition) is 6. The van der Waals surface area contributed by atoms with E-state index in [-0.39, 0.29) is 24.0 Å². The molecule has 0 aliphatic carbocycles. The molecule has 2 heterocycles. The number of aliphatic hydroxyl groups is 1. The van der Waals surface area contributed by atoms with Crippen molar-refractivity contribution in [3.63, 3.8) is 0 Å². The highest BCUT2D eigenvalue weighted by Crippen LogP contribution is 2.34. The second-order valence-corrected chi connectivity index (χ2v) is 12.2. The van der Waals surface area contributed by atoms with Gasteiger partial charge in [-0.15, -0.1) is 11.3 Å². The minimum atomic E-state index is -1.12. The predicted octanol–water partition coefficient (Wildman–Crippen LogP) is 7.10. The third-order valence-corrected chi connectivity index (χ3v) is 8.57. The molecule has 5 nitrogen and oxygen atoms in total. The molecule has 0 saturated heterocycles. The summed E-state index contributed by atoms with van der Waals surface area (Å²) in [5.74, 6) is -0.243. The number of carbonyl (C=O) groups is 2. The van der Waals surface area contributed by atoms with Crippen LogP contribution in [-0.4, -0.2) is 34.1 Å². The number of ether oxygens (including phenoxy) is 1. The van der Waals surface area contributed by atoms with Crippen LogP contribution < -0.4 is 0 Å². The van der Waals surface area contributed by atoms with Crippen molar-refractivity contribution in [1.82, 2.24) is 4.98 Å². The third-order valence-electron chi connectivity index (χ3n) is 7.78. The van der Waals surface area contributed by atoms with Gasteiger partial charge in [0.1, 0.15) is 11.9 Å². The Balaban J connectivity index is 2.33. The van der Waals surface area contributed by atoms with Crippen molar-refractivity contribution in [3.05, 3.63) is 45.5 Å². The molecule has 0 spiro atoms. The van der Waals surface area contributed by atoms with Gasteiger partial charge in [0, 0.05) is 17.7 Å². The molecule has 0 aromatic carbocycles. The Morgan fingerprint density at radius 1 is 1.17 bits per heavy atom. The fraction of sp³-hybridized carbons (Fsp3) is 0.633. The Hall–Kier alpha value is -2.05. The second kappa shape index (κ2) is 13.5. The van der Waals surface area contributed by atoms with Gasteiger partial charge in [0.15, 0.2) is 0 Å². The monoisotopic (exact) mass is 515 g/mol. The first-order valence-electron chi connectivity index (χ1n) is 13.2. The number of hydrogen-bond donors (Lipinski definition) is 1. The number of thiazole rings is 1. The second-order valence-electron chi connectivity index (χ2n) is 11.1. The number of carbonyl (C=O) groups excluding carboxylic acids is 2. The van der Waals surface area contributed by atoms with Crippen molar-refractivity contribution in [2.75, 3.05) is 0 Å². The average Bonchev–Trinajstić information content (AvgIpc) is 3.23. The largest absolute Gasteiger partial charge is 0.457 e. The number of Topliss-reactive ketones (excluding diaryl/α,β-unsaturated/α-hetero) is 1. The number of aliphatic hydroxyl groups excluding tert-OH is 1. The van der Waals surface area contributed by atoms with Crippen LogP contribution in [0.3, 0.4) is 0 Å². The molecule has 6 heteroatoms. The van der Waals surface area contributed by atoms with Crippen LogP contribution in [0.5, 0.6) is 0 Å². The van der Waals surface area contributed by atoms with E-state index < -0.39 is 23.6 Å². The van der Waals surface area contributed by atoms with E-state index in [4.69, 9.17) is 4.74 Å². The van der Waals surface area contributed by atoms with Crippen LogP contribution in [0.2, 0.25) is 0 Å². The maximum absolute atomic E-state index is 13.4. The summed E-state index contributed by atoms with van der Waals surface area (Å²) in [6, 6.07) is 0. The molecule has 0 radical (unpaired) electrons. The summed E-state index contributed by atoms with van der Waals surface area (Å²) in [4.78, 5) is 30.9. The van der Waals surface area contributed by atoms with E-state index in [1.165, 1.54) is 5.57 Å². The molecular formula is C30H45NO4S. The highest BCUT2D eigenvalue weighted by atomic mass is 32.1. The lowest BCUT2D eigenvalue weighted by molar-refractivity contribution is -0.153. The number of cyclic esters (lactones) is 1. The van der Waals surface area contributed by atoms with Gasteiger partial charge in [-0.1, -0.05) is 58.4 Å². The maximum atomic E-state index is 13.4. The maximum Gasteiger partial charge on any atom is 0.309 e. The Morgan fingerprint density at radius 2 is 1.86 bits per heavy atom. The third kappa shape index (κ3) is 8.52. The van der Waals surface area contributed by atoms with Crippen LogP contribution in [0.25, 0.3) is 6.08 Å². The molecule has 36 heavy (non-hydrogen) atoms.